The van der Waals surface area contributed by atoms with Crippen molar-refractivity contribution in [2.45, 2.75) is 28.4 Å². The average molecular weight is 428 g/mol. The molecule has 0 saturated carbocycles. The number of nitrogens with one attached hydrogen (secondary N) is 1. The number of halogens is 1. The van der Waals surface area contributed by atoms with Gasteiger partial charge in [-0.2, -0.15) is 0 Å². The summed E-state index contributed by atoms with van der Waals surface area (Å²) >= 11 is 9.43. The Labute approximate surface area is 180 Å². The molecule has 0 radical (unpaired) electrons. The number of amides is 1. The van der Waals surface area contributed by atoms with E-state index < -0.39 is 0 Å². The predicted molar refractivity (Wildman–Crippen MR) is 122 cm³/mol. The van der Waals surface area contributed by atoms with E-state index in [1.54, 1.807) is 11.8 Å². The molecule has 1 N–H and O–H groups in total. The van der Waals surface area contributed by atoms with Crippen molar-refractivity contribution in [3.05, 3.63) is 89.4 Å². The quantitative estimate of drug-likeness (QED) is 0.290. The van der Waals surface area contributed by atoms with Crippen LogP contribution in [0.1, 0.15) is 18.4 Å². The highest BCUT2D eigenvalue weighted by Crippen LogP contribution is 2.24. The van der Waals surface area contributed by atoms with Crippen LogP contribution in [0.25, 0.3) is 0 Å². The topological polar surface area (TPSA) is 29.1 Å². The van der Waals surface area contributed by atoms with E-state index in [4.69, 9.17) is 11.6 Å². The number of anilines is 1. The number of hydrogen-bond donors (Lipinski definition) is 1. The summed E-state index contributed by atoms with van der Waals surface area (Å²) in [6, 6.07) is 26.2. The minimum atomic E-state index is 0.0584. The van der Waals surface area contributed by atoms with Gasteiger partial charge in [0.25, 0.3) is 0 Å². The summed E-state index contributed by atoms with van der Waals surface area (Å²) in [7, 11) is 0. The van der Waals surface area contributed by atoms with Gasteiger partial charge in [0.2, 0.25) is 5.91 Å². The largest absolute Gasteiger partial charge is 0.326 e. The molecule has 1 amide bonds. The predicted octanol–water partition coefficient (Wildman–Crippen LogP) is 7.14. The molecule has 0 fully saturated rings. The van der Waals surface area contributed by atoms with Gasteiger partial charge >= 0.3 is 0 Å². The molecule has 0 unspecified atom stereocenters. The van der Waals surface area contributed by atoms with Gasteiger partial charge in [0.15, 0.2) is 0 Å². The van der Waals surface area contributed by atoms with Crippen LogP contribution in [0.4, 0.5) is 5.69 Å². The van der Waals surface area contributed by atoms with Gasteiger partial charge in [-0.3, -0.25) is 4.79 Å². The Morgan fingerprint density at radius 1 is 0.821 bits per heavy atom. The van der Waals surface area contributed by atoms with Crippen LogP contribution in [0.5, 0.6) is 0 Å². The molecular formula is C23H22ClNOS2. The Balaban J connectivity index is 1.36. The Morgan fingerprint density at radius 3 is 2.21 bits per heavy atom. The number of rotatable bonds is 9. The van der Waals surface area contributed by atoms with E-state index >= 15 is 0 Å². The Morgan fingerprint density at radius 2 is 1.50 bits per heavy atom. The normalized spacial score (nSPS) is 10.6. The Bertz CT molecular complexity index is 867. The highest BCUT2D eigenvalue weighted by Gasteiger charge is 2.04. The van der Waals surface area contributed by atoms with E-state index in [-0.39, 0.29) is 5.91 Å². The lowest BCUT2D eigenvalue weighted by Gasteiger charge is -2.07. The average Bonchev–Trinajstić information content (AvgIpc) is 2.73. The van der Waals surface area contributed by atoms with Gasteiger partial charge in [0.1, 0.15) is 0 Å². The van der Waals surface area contributed by atoms with E-state index in [1.165, 1.54) is 15.4 Å². The molecule has 5 heteroatoms. The van der Waals surface area contributed by atoms with Crippen molar-refractivity contribution < 1.29 is 4.79 Å². The molecule has 2 nitrogen and oxygen atoms in total. The molecule has 0 atom stereocenters. The maximum atomic E-state index is 12.1. The Hall–Kier alpha value is -1.88. The second-order valence-electron chi connectivity index (χ2n) is 6.25. The third-order valence-electron chi connectivity index (χ3n) is 4.02. The zero-order valence-corrected chi connectivity index (χ0v) is 17.8. The lowest BCUT2D eigenvalue weighted by atomic mass is 10.2. The molecule has 0 aliphatic carbocycles. The van der Waals surface area contributed by atoms with Crippen molar-refractivity contribution >= 4 is 46.7 Å². The molecule has 0 saturated heterocycles. The molecule has 0 aliphatic rings. The fourth-order valence-corrected chi connectivity index (χ4v) is 4.40. The van der Waals surface area contributed by atoms with E-state index in [0.29, 0.717) is 6.42 Å². The fourth-order valence-electron chi connectivity index (χ4n) is 2.54. The molecule has 0 spiro atoms. The number of carbonyl (C=O) groups is 1. The smallest absolute Gasteiger partial charge is 0.224 e. The molecule has 28 heavy (non-hydrogen) atoms. The Kier molecular flexibility index (Phi) is 8.34. The van der Waals surface area contributed by atoms with Crippen molar-refractivity contribution in [1.82, 2.24) is 0 Å². The molecule has 3 aromatic carbocycles. The fraction of sp³-hybridized carbons (Fsp3) is 0.174. The maximum Gasteiger partial charge on any atom is 0.224 e. The van der Waals surface area contributed by atoms with E-state index in [1.807, 2.05) is 54.2 Å². The molecular weight excluding hydrogens is 406 g/mol. The van der Waals surface area contributed by atoms with E-state index in [9.17, 15) is 4.79 Å². The zero-order valence-electron chi connectivity index (χ0n) is 15.4. The summed E-state index contributed by atoms with van der Waals surface area (Å²) < 4.78 is 0. The van der Waals surface area contributed by atoms with Gasteiger partial charge in [-0.25, -0.2) is 0 Å². The van der Waals surface area contributed by atoms with Crippen molar-refractivity contribution in [2.75, 3.05) is 11.1 Å². The third kappa shape index (κ3) is 7.27. The first kappa shape index (κ1) is 20.8. The van der Waals surface area contributed by atoms with Crippen LogP contribution in [-0.4, -0.2) is 11.7 Å². The maximum absolute atomic E-state index is 12.1. The lowest BCUT2D eigenvalue weighted by Crippen LogP contribution is -2.11. The molecule has 0 aromatic heterocycles. The first-order valence-electron chi connectivity index (χ1n) is 9.14. The van der Waals surface area contributed by atoms with Gasteiger partial charge in [-0.15, -0.1) is 23.5 Å². The summed E-state index contributed by atoms with van der Waals surface area (Å²) in [5.41, 5.74) is 2.09. The van der Waals surface area contributed by atoms with Crippen LogP contribution in [0.15, 0.2) is 88.7 Å². The third-order valence-corrected chi connectivity index (χ3v) is 6.45. The summed E-state index contributed by atoms with van der Waals surface area (Å²) in [4.78, 5) is 14.6. The minimum Gasteiger partial charge on any atom is -0.326 e. The van der Waals surface area contributed by atoms with Gasteiger partial charge in [0.05, 0.1) is 0 Å². The van der Waals surface area contributed by atoms with Gasteiger partial charge < -0.3 is 5.32 Å². The molecule has 0 bridgehead atoms. The molecule has 3 aromatic rings. The molecule has 144 valence electrons. The first-order valence-corrected chi connectivity index (χ1v) is 11.5. The summed E-state index contributed by atoms with van der Waals surface area (Å²) in [6.07, 6.45) is 1.36. The molecule has 0 aliphatic heterocycles. The van der Waals surface area contributed by atoms with Crippen LogP contribution in [0.2, 0.25) is 5.02 Å². The van der Waals surface area contributed by atoms with E-state index in [2.05, 4.69) is 41.7 Å². The lowest BCUT2D eigenvalue weighted by molar-refractivity contribution is -0.116. The van der Waals surface area contributed by atoms with Crippen molar-refractivity contribution in [1.29, 1.82) is 0 Å². The highest BCUT2D eigenvalue weighted by atomic mass is 35.5. The molecule has 3 rings (SSSR count). The zero-order chi connectivity index (χ0) is 19.6. The van der Waals surface area contributed by atoms with Crippen LogP contribution in [0.3, 0.4) is 0 Å². The van der Waals surface area contributed by atoms with Crippen LogP contribution in [-0.2, 0) is 10.5 Å². The SMILES string of the molecule is O=C(CCCSc1ccc(Cl)cc1)Nc1ccc(CSc2ccccc2)cc1. The van der Waals surface area contributed by atoms with Crippen molar-refractivity contribution in [3.8, 4) is 0 Å². The van der Waals surface area contributed by atoms with Crippen molar-refractivity contribution in [2.24, 2.45) is 0 Å². The minimum absolute atomic E-state index is 0.0584. The van der Waals surface area contributed by atoms with E-state index in [0.717, 1.165) is 28.6 Å². The number of carbonyl (C=O) groups excluding carboxylic acids is 1. The van der Waals surface area contributed by atoms with Crippen LogP contribution >= 0.6 is 35.1 Å². The summed E-state index contributed by atoms with van der Waals surface area (Å²) in [5.74, 6) is 1.88. The standard InChI is InChI=1S/C23H22ClNOS2/c24-19-10-14-22(15-11-19)27-16-4-7-23(26)25-20-12-8-18(9-13-20)17-28-21-5-2-1-3-6-21/h1-3,5-6,8-15H,4,7,16-17H2,(H,25,26). The second kappa shape index (κ2) is 11.2. The van der Waals surface area contributed by atoms with Crippen LogP contribution in [0, 0.1) is 0 Å². The van der Waals surface area contributed by atoms with Crippen molar-refractivity contribution in [3.63, 3.8) is 0 Å². The summed E-state index contributed by atoms with van der Waals surface area (Å²) in [5, 5.41) is 3.72. The van der Waals surface area contributed by atoms with Gasteiger partial charge in [0, 0.05) is 32.7 Å². The second-order valence-corrected chi connectivity index (χ2v) is 8.91. The first-order chi connectivity index (χ1) is 13.7. The monoisotopic (exact) mass is 427 g/mol. The molecule has 0 heterocycles. The summed E-state index contributed by atoms with van der Waals surface area (Å²) in [6.45, 7) is 0. The van der Waals surface area contributed by atoms with Gasteiger partial charge in [-0.1, -0.05) is 41.9 Å². The highest BCUT2D eigenvalue weighted by molar-refractivity contribution is 7.99. The van der Waals surface area contributed by atoms with Gasteiger partial charge in [-0.05, 0) is 66.3 Å². The van der Waals surface area contributed by atoms with Crippen LogP contribution < -0.4 is 5.32 Å². The number of thioether (sulfide) groups is 2. The number of benzene rings is 3. The number of hydrogen-bond acceptors (Lipinski definition) is 3.